The smallest absolute Gasteiger partial charge is 0.243 e. The van der Waals surface area contributed by atoms with E-state index < -0.39 is 10.0 Å². The largest absolute Gasteiger partial charge is 0.385 e. The summed E-state index contributed by atoms with van der Waals surface area (Å²) in [5.41, 5.74) is 0.947. The van der Waals surface area contributed by atoms with Gasteiger partial charge in [-0.2, -0.15) is 4.31 Å². The highest BCUT2D eigenvalue weighted by molar-refractivity contribution is 7.89. The van der Waals surface area contributed by atoms with Gasteiger partial charge in [0.2, 0.25) is 10.0 Å². The van der Waals surface area contributed by atoms with Crippen molar-refractivity contribution in [2.24, 2.45) is 0 Å². The molecular formula is C13H20N2O3S. The molecule has 0 unspecified atom stereocenters. The summed E-state index contributed by atoms with van der Waals surface area (Å²) >= 11 is 0. The summed E-state index contributed by atoms with van der Waals surface area (Å²) < 4.78 is 31.4. The first-order chi connectivity index (χ1) is 9.14. The van der Waals surface area contributed by atoms with E-state index in [4.69, 9.17) is 4.74 Å². The minimum absolute atomic E-state index is 0.344. The van der Waals surface area contributed by atoms with Gasteiger partial charge in [-0.1, -0.05) is 6.92 Å². The van der Waals surface area contributed by atoms with Crippen LogP contribution in [-0.4, -0.2) is 45.6 Å². The number of morpholine rings is 1. The van der Waals surface area contributed by atoms with E-state index in [2.05, 4.69) is 12.2 Å². The average Bonchev–Trinajstić information content (AvgIpc) is 2.46. The van der Waals surface area contributed by atoms with Crippen molar-refractivity contribution in [1.82, 2.24) is 4.31 Å². The fourth-order valence-electron chi connectivity index (χ4n) is 1.95. The maximum Gasteiger partial charge on any atom is 0.243 e. The van der Waals surface area contributed by atoms with Crippen LogP contribution in [0.2, 0.25) is 0 Å². The topological polar surface area (TPSA) is 58.6 Å². The molecule has 1 aliphatic heterocycles. The van der Waals surface area contributed by atoms with Gasteiger partial charge in [0.05, 0.1) is 18.1 Å². The highest BCUT2D eigenvalue weighted by Gasteiger charge is 2.25. The molecule has 0 aliphatic carbocycles. The molecule has 0 bridgehead atoms. The Hall–Kier alpha value is -1.11. The molecule has 2 rings (SSSR count). The maximum atomic E-state index is 12.4. The first-order valence-corrected chi connectivity index (χ1v) is 8.00. The van der Waals surface area contributed by atoms with Crippen LogP contribution in [0.15, 0.2) is 29.2 Å². The van der Waals surface area contributed by atoms with Crippen molar-refractivity contribution in [2.45, 2.75) is 18.2 Å². The molecule has 1 aromatic rings. The van der Waals surface area contributed by atoms with Crippen LogP contribution in [-0.2, 0) is 14.8 Å². The van der Waals surface area contributed by atoms with Crippen molar-refractivity contribution < 1.29 is 13.2 Å². The van der Waals surface area contributed by atoms with Gasteiger partial charge < -0.3 is 10.1 Å². The lowest BCUT2D eigenvalue weighted by molar-refractivity contribution is 0.0730. The summed E-state index contributed by atoms with van der Waals surface area (Å²) in [6, 6.07) is 6.93. The van der Waals surface area contributed by atoms with E-state index in [0.717, 1.165) is 18.7 Å². The third-order valence-electron chi connectivity index (χ3n) is 3.04. The van der Waals surface area contributed by atoms with Crippen LogP contribution in [0.4, 0.5) is 5.69 Å². The fourth-order valence-corrected chi connectivity index (χ4v) is 3.36. The minimum atomic E-state index is -3.37. The van der Waals surface area contributed by atoms with Crippen molar-refractivity contribution in [3.05, 3.63) is 24.3 Å². The minimum Gasteiger partial charge on any atom is -0.385 e. The first kappa shape index (κ1) is 14.3. The summed E-state index contributed by atoms with van der Waals surface area (Å²) in [6.07, 6.45) is 1.04. The Morgan fingerprint density at radius 3 is 2.42 bits per heavy atom. The van der Waals surface area contributed by atoms with Gasteiger partial charge in [-0.15, -0.1) is 0 Å². The molecule has 1 aromatic carbocycles. The number of rotatable bonds is 5. The third-order valence-corrected chi connectivity index (χ3v) is 4.95. The molecule has 5 nitrogen and oxygen atoms in total. The van der Waals surface area contributed by atoms with E-state index in [1.807, 2.05) is 12.1 Å². The normalized spacial score (nSPS) is 17.3. The van der Waals surface area contributed by atoms with E-state index >= 15 is 0 Å². The molecule has 1 heterocycles. The molecule has 0 aromatic heterocycles. The van der Waals surface area contributed by atoms with Gasteiger partial charge in [-0.05, 0) is 30.7 Å². The zero-order valence-electron chi connectivity index (χ0n) is 11.1. The van der Waals surface area contributed by atoms with Gasteiger partial charge in [0.15, 0.2) is 0 Å². The number of nitrogens with one attached hydrogen (secondary N) is 1. The highest BCUT2D eigenvalue weighted by Crippen LogP contribution is 2.19. The Morgan fingerprint density at radius 2 is 1.84 bits per heavy atom. The van der Waals surface area contributed by atoms with Crippen LogP contribution in [0.3, 0.4) is 0 Å². The van der Waals surface area contributed by atoms with Crippen LogP contribution in [0.25, 0.3) is 0 Å². The van der Waals surface area contributed by atoms with Crippen molar-refractivity contribution in [2.75, 3.05) is 38.2 Å². The molecule has 1 saturated heterocycles. The molecule has 6 heteroatoms. The lowest BCUT2D eigenvalue weighted by Gasteiger charge is -2.26. The molecule has 19 heavy (non-hydrogen) atoms. The highest BCUT2D eigenvalue weighted by atomic mass is 32.2. The second kappa shape index (κ2) is 6.36. The van der Waals surface area contributed by atoms with Crippen LogP contribution in [0, 0.1) is 0 Å². The predicted molar refractivity (Wildman–Crippen MR) is 74.8 cm³/mol. The number of benzene rings is 1. The lowest BCUT2D eigenvalue weighted by Crippen LogP contribution is -2.40. The zero-order valence-corrected chi connectivity index (χ0v) is 11.9. The Morgan fingerprint density at radius 1 is 1.21 bits per heavy atom. The number of nitrogens with zero attached hydrogens (tertiary/aromatic N) is 1. The monoisotopic (exact) mass is 284 g/mol. The Labute approximate surface area is 114 Å². The Bertz CT molecular complexity index is 493. The van der Waals surface area contributed by atoms with E-state index in [1.165, 1.54) is 4.31 Å². The van der Waals surface area contributed by atoms with E-state index in [0.29, 0.717) is 31.2 Å². The number of sulfonamides is 1. The van der Waals surface area contributed by atoms with Gasteiger partial charge >= 0.3 is 0 Å². The van der Waals surface area contributed by atoms with Crippen molar-refractivity contribution in [3.63, 3.8) is 0 Å². The maximum absolute atomic E-state index is 12.4. The second-order valence-electron chi connectivity index (χ2n) is 4.47. The summed E-state index contributed by atoms with van der Waals surface area (Å²) in [4.78, 5) is 0.344. The van der Waals surface area contributed by atoms with Crippen LogP contribution in [0.5, 0.6) is 0 Å². The van der Waals surface area contributed by atoms with Crippen LogP contribution in [0.1, 0.15) is 13.3 Å². The van der Waals surface area contributed by atoms with Gasteiger partial charge in [-0.3, -0.25) is 0 Å². The van der Waals surface area contributed by atoms with E-state index in [-0.39, 0.29) is 0 Å². The number of anilines is 1. The SMILES string of the molecule is CCCNc1ccc(S(=O)(=O)N2CCOCC2)cc1. The lowest BCUT2D eigenvalue weighted by atomic mass is 10.3. The van der Waals surface area contributed by atoms with Gasteiger partial charge in [0, 0.05) is 25.3 Å². The predicted octanol–water partition coefficient (Wildman–Crippen LogP) is 1.53. The van der Waals surface area contributed by atoms with Gasteiger partial charge in [0.25, 0.3) is 0 Å². The molecular weight excluding hydrogens is 264 g/mol. The number of hydrogen-bond donors (Lipinski definition) is 1. The van der Waals surface area contributed by atoms with Crippen LogP contribution < -0.4 is 5.32 Å². The van der Waals surface area contributed by atoms with Crippen molar-refractivity contribution >= 4 is 15.7 Å². The molecule has 0 amide bonds. The first-order valence-electron chi connectivity index (χ1n) is 6.56. The number of hydrogen-bond acceptors (Lipinski definition) is 4. The van der Waals surface area contributed by atoms with E-state index in [9.17, 15) is 8.42 Å². The Kier molecular flexibility index (Phi) is 4.79. The molecule has 1 N–H and O–H groups in total. The average molecular weight is 284 g/mol. The molecule has 106 valence electrons. The Balaban J connectivity index is 2.11. The van der Waals surface area contributed by atoms with Gasteiger partial charge in [0.1, 0.15) is 0 Å². The molecule has 0 spiro atoms. The standard InChI is InChI=1S/C13H20N2O3S/c1-2-7-14-12-3-5-13(6-4-12)19(16,17)15-8-10-18-11-9-15/h3-6,14H,2,7-11H2,1H3. The number of ether oxygens (including phenoxy) is 1. The summed E-state index contributed by atoms with van der Waals surface area (Å²) in [6.45, 7) is 4.76. The fraction of sp³-hybridized carbons (Fsp3) is 0.538. The van der Waals surface area contributed by atoms with Crippen molar-refractivity contribution in [1.29, 1.82) is 0 Å². The molecule has 1 fully saturated rings. The summed E-state index contributed by atoms with van der Waals surface area (Å²) in [5.74, 6) is 0. The molecule has 0 radical (unpaired) electrons. The van der Waals surface area contributed by atoms with E-state index in [1.54, 1.807) is 12.1 Å². The third kappa shape index (κ3) is 3.46. The van der Waals surface area contributed by atoms with Crippen LogP contribution >= 0.6 is 0 Å². The quantitative estimate of drug-likeness (QED) is 0.891. The molecule has 1 aliphatic rings. The summed E-state index contributed by atoms with van der Waals surface area (Å²) in [5, 5.41) is 3.22. The zero-order chi connectivity index (χ0) is 13.7. The van der Waals surface area contributed by atoms with Crippen molar-refractivity contribution in [3.8, 4) is 0 Å². The second-order valence-corrected chi connectivity index (χ2v) is 6.41. The molecule has 0 saturated carbocycles. The molecule has 0 atom stereocenters. The summed E-state index contributed by atoms with van der Waals surface area (Å²) in [7, 11) is -3.37. The van der Waals surface area contributed by atoms with Gasteiger partial charge in [-0.25, -0.2) is 8.42 Å².